The molecule has 0 aliphatic carbocycles. The van der Waals surface area contributed by atoms with Crippen LogP contribution in [0, 0.1) is 6.92 Å². The molecule has 2 nitrogen and oxygen atoms in total. The van der Waals surface area contributed by atoms with Crippen LogP contribution in [-0.4, -0.2) is 10.1 Å². The molecular weight excluding hydrogens is 234 g/mol. The molecule has 0 saturated heterocycles. The molecule has 1 unspecified atom stereocenters. The van der Waals surface area contributed by atoms with Crippen LogP contribution in [-0.2, 0) is 0 Å². The number of aryl methyl sites for hydroxylation is 1. The van der Waals surface area contributed by atoms with Crippen LogP contribution in [0.4, 0.5) is 0 Å². The number of aliphatic hydroxyl groups excluding tert-OH is 1. The summed E-state index contributed by atoms with van der Waals surface area (Å²) < 4.78 is 0. The molecule has 3 rings (SSSR count). The predicted molar refractivity (Wildman–Crippen MR) is 77.0 cm³/mol. The lowest BCUT2D eigenvalue weighted by Crippen LogP contribution is -2.00. The number of rotatable bonds is 2. The molecule has 0 saturated carbocycles. The molecule has 3 aromatic rings. The van der Waals surface area contributed by atoms with E-state index in [4.69, 9.17) is 0 Å². The van der Waals surface area contributed by atoms with Crippen LogP contribution < -0.4 is 0 Å². The van der Waals surface area contributed by atoms with Crippen LogP contribution >= 0.6 is 0 Å². The third kappa shape index (κ3) is 2.35. The molecule has 0 fully saturated rings. The lowest BCUT2D eigenvalue weighted by atomic mass is 9.99. The molecule has 2 aromatic carbocycles. The summed E-state index contributed by atoms with van der Waals surface area (Å²) in [6, 6.07) is 17.8. The van der Waals surface area contributed by atoms with Crippen molar-refractivity contribution < 1.29 is 5.11 Å². The van der Waals surface area contributed by atoms with Crippen molar-refractivity contribution in [2.45, 2.75) is 13.0 Å². The first kappa shape index (κ1) is 11.9. The van der Waals surface area contributed by atoms with Gasteiger partial charge in [0, 0.05) is 11.6 Å². The van der Waals surface area contributed by atoms with Crippen LogP contribution in [0.25, 0.3) is 10.9 Å². The molecule has 1 atom stereocenters. The van der Waals surface area contributed by atoms with Gasteiger partial charge in [-0.15, -0.1) is 0 Å². The topological polar surface area (TPSA) is 33.1 Å². The SMILES string of the molecule is Cc1cccc(C(O)c2ccc3cccnc3c2)c1. The quantitative estimate of drug-likeness (QED) is 0.752. The lowest BCUT2D eigenvalue weighted by molar-refractivity contribution is 0.220. The monoisotopic (exact) mass is 249 g/mol. The van der Waals surface area contributed by atoms with Gasteiger partial charge in [0.05, 0.1) is 5.52 Å². The van der Waals surface area contributed by atoms with Crippen molar-refractivity contribution in [1.82, 2.24) is 4.98 Å². The molecule has 1 heterocycles. The number of fused-ring (bicyclic) bond motifs is 1. The summed E-state index contributed by atoms with van der Waals surface area (Å²) in [6.07, 6.45) is 1.16. The van der Waals surface area contributed by atoms with E-state index in [1.165, 1.54) is 0 Å². The standard InChI is InChI=1S/C17H15NO/c1-12-4-2-5-14(10-12)17(19)15-8-7-13-6-3-9-18-16(13)11-15/h2-11,17,19H,1H3. The number of benzene rings is 2. The van der Waals surface area contributed by atoms with Crippen LogP contribution in [0.3, 0.4) is 0 Å². The van der Waals surface area contributed by atoms with Gasteiger partial charge in [0.2, 0.25) is 0 Å². The first-order valence-electron chi connectivity index (χ1n) is 6.33. The highest BCUT2D eigenvalue weighted by Gasteiger charge is 2.11. The second-order valence-corrected chi connectivity index (χ2v) is 4.77. The first-order chi connectivity index (χ1) is 9.24. The molecule has 0 spiro atoms. The van der Waals surface area contributed by atoms with Gasteiger partial charge in [0.15, 0.2) is 0 Å². The van der Waals surface area contributed by atoms with E-state index in [2.05, 4.69) is 4.98 Å². The smallest absolute Gasteiger partial charge is 0.104 e. The molecule has 1 N–H and O–H groups in total. The predicted octanol–water partition coefficient (Wildman–Crippen LogP) is 3.62. The molecule has 0 aliphatic heterocycles. The zero-order valence-corrected chi connectivity index (χ0v) is 10.7. The number of nitrogens with zero attached hydrogens (tertiary/aromatic N) is 1. The van der Waals surface area contributed by atoms with E-state index in [1.807, 2.05) is 61.5 Å². The Labute approximate surface area is 112 Å². The van der Waals surface area contributed by atoms with E-state index >= 15 is 0 Å². The van der Waals surface area contributed by atoms with Crippen molar-refractivity contribution in [2.24, 2.45) is 0 Å². The van der Waals surface area contributed by atoms with E-state index < -0.39 is 6.10 Å². The summed E-state index contributed by atoms with van der Waals surface area (Å²) in [5, 5.41) is 11.5. The minimum Gasteiger partial charge on any atom is -0.384 e. The van der Waals surface area contributed by atoms with Crippen LogP contribution in [0.15, 0.2) is 60.8 Å². The molecule has 0 radical (unpaired) electrons. The lowest BCUT2D eigenvalue weighted by Gasteiger charge is -2.12. The average Bonchev–Trinajstić information content (AvgIpc) is 2.46. The minimum atomic E-state index is -0.605. The van der Waals surface area contributed by atoms with Gasteiger partial charge >= 0.3 is 0 Å². The molecule has 1 aromatic heterocycles. The Balaban J connectivity index is 2.04. The fraction of sp³-hybridized carbons (Fsp3) is 0.118. The van der Waals surface area contributed by atoms with Crippen molar-refractivity contribution in [2.75, 3.05) is 0 Å². The van der Waals surface area contributed by atoms with Gasteiger partial charge < -0.3 is 5.11 Å². The summed E-state index contributed by atoms with van der Waals surface area (Å²) in [5.74, 6) is 0. The fourth-order valence-corrected chi connectivity index (χ4v) is 2.29. The van der Waals surface area contributed by atoms with Crippen molar-refractivity contribution in [1.29, 1.82) is 0 Å². The van der Waals surface area contributed by atoms with E-state index in [9.17, 15) is 5.11 Å². The Morgan fingerprint density at radius 2 is 1.79 bits per heavy atom. The van der Waals surface area contributed by atoms with E-state index in [0.29, 0.717) is 0 Å². The summed E-state index contributed by atoms with van der Waals surface area (Å²) >= 11 is 0. The maximum absolute atomic E-state index is 10.4. The molecule has 0 aliphatic rings. The van der Waals surface area contributed by atoms with Gasteiger partial charge in [-0.1, -0.05) is 48.0 Å². The largest absolute Gasteiger partial charge is 0.384 e. The second-order valence-electron chi connectivity index (χ2n) is 4.77. The first-order valence-corrected chi connectivity index (χ1v) is 6.33. The van der Waals surface area contributed by atoms with Crippen LogP contribution in [0.1, 0.15) is 22.8 Å². The van der Waals surface area contributed by atoms with Crippen LogP contribution in [0.5, 0.6) is 0 Å². The summed E-state index contributed by atoms with van der Waals surface area (Å²) in [6.45, 7) is 2.03. The zero-order valence-electron chi connectivity index (χ0n) is 10.7. The highest BCUT2D eigenvalue weighted by molar-refractivity contribution is 5.79. The summed E-state index contributed by atoms with van der Waals surface area (Å²) in [7, 11) is 0. The fourth-order valence-electron chi connectivity index (χ4n) is 2.29. The van der Waals surface area contributed by atoms with E-state index in [-0.39, 0.29) is 0 Å². The second kappa shape index (κ2) is 4.82. The highest BCUT2D eigenvalue weighted by atomic mass is 16.3. The average molecular weight is 249 g/mol. The Kier molecular flexibility index (Phi) is 3.02. The normalized spacial score (nSPS) is 12.5. The summed E-state index contributed by atoms with van der Waals surface area (Å²) in [4.78, 5) is 4.32. The molecule has 0 amide bonds. The van der Waals surface area contributed by atoms with E-state index in [0.717, 1.165) is 27.6 Å². The van der Waals surface area contributed by atoms with Crippen molar-refractivity contribution in [3.63, 3.8) is 0 Å². The number of aromatic nitrogens is 1. The maximum atomic E-state index is 10.4. The number of pyridine rings is 1. The van der Waals surface area contributed by atoms with Crippen molar-refractivity contribution in [3.8, 4) is 0 Å². The molecule has 94 valence electrons. The van der Waals surface area contributed by atoms with Gasteiger partial charge in [-0.3, -0.25) is 4.98 Å². The third-order valence-corrected chi connectivity index (χ3v) is 3.30. The van der Waals surface area contributed by atoms with E-state index in [1.54, 1.807) is 6.20 Å². The Hall–Kier alpha value is -2.19. The van der Waals surface area contributed by atoms with Gasteiger partial charge in [-0.05, 0) is 30.2 Å². The zero-order chi connectivity index (χ0) is 13.2. The maximum Gasteiger partial charge on any atom is 0.104 e. The third-order valence-electron chi connectivity index (χ3n) is 3.30. The van der Waals surface area contributed by atoms with Gasteiger partial charge in [-0.25, -0.2) is 0 Å². The van der Waals surface area contributed by atoms with Gasteiger partial charge in [0.25, 0.3) is 0 Å². The Bertz CT molecular complexity index is 721. The highest BCUT2D eigenvalue weighted by Crippen LogP contribution is 2.25. The van der Waals surface area contributed by atoms with Crippen molar-refractivity contribution >= 4 is 10.9 Å². The number of hydrogen-bond acceptors (Lipinski definition) is 2. The Morgan fingerprint density at radius 1 is 0.947 bits per heavy atom. The van der Waals surface area contributed by atoms with Gasteiger partial charge in [0.1, 0.15) is 6.10 Å². The van der Waals surface area contributed by atoms with Crippen molar-refractivity contribution in [3.05, 3.63) is 77.5 Å². The molecular formula is C17H15NO. The van der Waals surface area contributed by atoms with Crippen LogP contribution in [0.2, 0.25) is 0 Å². The summed E-state index contributed by atoms with van der Waals surface area (Å²) in [5.41, 5.74) is 3.84. The molecule has 19 heavy (non-hydrogen) atoms. The molecule has 0 bridgehead atoms. The minimum absolute atomic E-state index is 0.605. The number of hydrogen-bond donors (Lipinski definition) is 1. The number of aliphatic hydroxyl groups is 1. The Morgan fingerprint density at radius 3 is 2.63 bits per heavy atom. The van der Waals surface area contributed by atoms with Gasteiger partial charge in [-0.2, -0.15) is 0 Å². The molecule has 2 heteroatoms.